The Bertz CT molecular complexity index is 462. The molecule has 0 fully saturated rings. The Balaban J connectivity index is 2.11. The van der Waals surface area contributed by atoms with E-state index in [1.807, 2.05) is 12.1 Å². The van der Waals surface area contributed by atoms with Gasteiger partial charge in [0.1, 0.15) is 5.69 Å². The summed E-state index contributed by atoms with van der Waals surface area (Å²) in [5, 5.41) is 4.06. The summed E-state index contributed by atoms with van der Waals surface area (Å²) in [5.41, 5.74) is 1.47. The molecule has 0 spiro atoms. The van der Waals surface area contributed by atoms with Crippen LogP contribution in [0.4, 0.5) is 0 Å². The van der Waals surface area contributed by atoms with Crippen LogP contribution in [-0.4, -0.2) is 20.5 Å². The lowest BCUT2D eigenvalue weighted by Crippen LogP contribution is -2.05. The van der Waals surface area contributed by atoms with Gasteiger partial charge in [-0.3, -0.25) is 14.5 Å². The van der Waals surface area contributed by atoms with Gasteiger partial charge in [0.2, 0.25) is 0 Å². The number of carbonyl (C=O) groups is 1. The summed E-state index contributed by atoms with van der Waals surface area (Å²) in [7, 11) is 1.79. The fourth-order valence-electron chi connectivity index (χ4n) is 1.34. The Morgan fingerprint density at radius 2 is 2.07 bits per heavy atom. The number of aromatic nitrogens is 3. The van der Waals surface area contributed by atoms with Crippen molar-refractivity contribution in [2.75, 3.05) is 0 Å². The normalized spacial score (nSPS) is 10.2. The predicted octanol–water partition coefficient (Wildman–Crippen LogP) is 1.24. The van der Waals surface area contributed by atoms with Gasteiger partial charge < -0.3 is 0 Å². The molecule has 76 valence electrons. The summed E-state index contributed by atoms with van der Waals surface area (Å²) < 4.78 is 1.62. The number of hydrogen-bond donors (Lipinski definition) is 0. The second-order valence-corrected chi connectivity index (χ2v) is 3.33. The van der Waals surface area contributed by atoms with E-state index < -0.39 is 0 Å². The predicted molar refractivity (Wildman–Crippen MR) is 55.5 cm³/mol. The molecule has 2 rings (SSSR count). The lowest BCUT2D eigenvalue weighted by molar-refractivity contribution is 0.0987. The van der Waals surface area contributed by atoms with Gasteiger partial charge in [-0.2, -0.15) is 5.10 Å². The van der Waals surface area contributed by atoms with Crippen molar-refractivity contribution in [3.05, 3.63) is 48.0 Å². The van der Waals surface area contributed by atoms with Gasteiger partial charge in [0.15, 0.2) is 5.78 Å². The molecule has 0 saturated heterocycles. The van der Waals surface area contributed by atoms with Crippen molar-refractivity contribution in [2.24, 2.45) is 7.05 Å². The Morgan fingerprint density at radius 1 is 1.33 bits per heavy atom. The minimum absolute atomic E-state index is 0.0294. The van der Waals surface area contributed by atoms with E-state index in [9.17, 15) is 4.79 Å². The summed E-state index contributed by atoms with van der Waals surface area (Å²) >= 11 is 0. The first-order valence-corrected chi connectivity index (χ1v) is 4.67. The van der Waals surface area contributed by atoms with E-state index in [2.05, 4.69) is 10.1 Å². The number of nitrogens with zero attached hydrogens (tertiary/aromatic N) is 3. The standard InChI is InChI=1S/C11H11N3O/c1-14-7-4-10(13-14)11(15)8-9-2-5-12-6-3-9/h2-7H,8H2,1H3. The molecule has 0 aliphatic rings. The van der Waals surface area contributed by atoms with Crippen molar-refractivity contribution in [3.8, 4) is 0 Å². The molecule has 0 aromatic carbocycles. The summed E-state index contributed by atoms with van der Waals surface area (Å²) in [6, 6.07) is 5.39. The largest absolute Gasteiger partial charge is 0.292 e. The SMILES string of the molecule is Cn1ccc(C(=O)Cc2ccncc2)n1. The minimum atomic E-state index is 0.0294. The molecule has 0 N–H and O–H groups in total. The van der Waals surface area contributed by atoms with Gasteiger partial charge in [-0.1, -0.05) is 0 Å². The number of carbonyl (C=O) groups excluding carboxylic acids is 1. The average molecular weight is 201 g/mol. The van der Waals surface area contributed by atoms with E-state index >= 15 is 0 Å². The van der Waals surface area contributed by atoms with Crippen LogP contribution in [0.25, 0.3) is 0 Å². The first-order valence-electron chi connectivity index (χ1n) is 4.67. The minimum Gasteiger partial charge on any atom is -0.292 e. The van der Waals surface area contributed by atoms with E-state index in [-0.39, 0.29) is 5.78 Å². The van der Waals surface area contributed by atoms with Crippen molar-refractivity contribution in [1.82, 2.24) is 14.8 Å². The third-order valence-corrected chi connectivity index (χ3v) is 2.11. The maximum atomic E-state index is 11.7. The molecule has 0 amide bonds. The van der Waals surface area contributed by atoms with Crippen LogP contribution in [-0.2, 0) is 13.5 Å². The molecule has 2 aromatic rings. The van der Waals surface area contributed by atoms with Crippen LogP contribution in [0.1, 0.15) is 16.1 Å². The highest BCUT2D eigenvalue weighted by Crippen LogP contribution is 2.04. The van der Waals surface area contributed by atoms with Gasteiger partial charge >= 0.3 is 0 Å². The van der Waals surface area contributed by atoms with Crippen LogP contribution >= 0.6 is 0 Å². The first-order chi connectivity index (χ1) is 7.25. The van der Waals surface area contributed by atoms with E-state index in [0.29, 0.717) is 12.1 Å². The molecule has 0 radical (unpaired) electrons. The molecule has 0 atom stereocenters. The number of ketones is 1. The zero-order chi connectivity index (χ0) is 10.7. The highest BCUT2D eigenvalue weighted by Gasteiger charge is 2.09. The smallest absolute Gasteiger partial charge is 0.187 e. The van der Waals surface area contributed by atoms with Crippen LogP contribution < -0.4 is 0 Å². The molecule has 0 unspecified atom stereocenters. The van der Waals surface area contributed by atoms with Crippen molar-refractivity contribution < 1.29 is 4.79 Å². The Kier molecular flexibility index (Phi) is 2.58. The topological polar surface area (TPSA) is 47.8 Å². The Morgan fingerprint density at radius 3 is 2.67 bits per heavy atom. The quantitative estimate of drug-likeness (QED) is 0.702. The molecular weight excluding hydrogens is 190 g/mol. The lowest BCUT2D eigenvalue weighted by atomic mass is 10.1. The molecule has 15 heavy (non-hydrogen) atoms. The molecule has 0 aliphatic carbocycles. The second kappa shape index (κ2) is 4.04. The number of hydrogen-bond acceptors (Lipinski definition) is 3. The van der Waals surface area contributed by atoms with Crippen LogP contribution in [0.2, 0.25) is 0 Å². The fraction of sp³-hybridized carbons (Fsp3) is 0.182. The molecule has 0 aliphatic heterocycles. The van der Waals surface area contributed by atoms with E-state index in [0.717, 1.165) is 5.56 Å². The van der Waals surface area contributed by atoms with Gasteiger partial charge in [0.25, 0.3) is 0 Å². The van der Waals surface area contributed by atoms with Gasteiger partial charge in [0.05, 0.1) is 0 Å². The molecule has 4 nitrogen and oxygen atoms in total. The molecule has 4 heteroatoms. The third-order valence-electron chi connectivity index (χ3n) is 2.11. The van der Waals surface area contributed by atoms with Crippen molar-refractivity contribution in [1.29, 1.82) is 0 Å². The lowest BCUT2D eigenvalue weighted by Gasteiger charge is -1.97. The Labute approximate surface area is 87.6 Å². The van der Waals surface area contributed by atoms with Crippen LogP contribution in [0, 0.1) is 0 Å². The van der Waals surface area contributed by atoms with Crippen molar-refractivity contribution in [2.45, 2.75) is 6.42 Å². The number of aryl methyl sites for hydroxylation is 1. The molecule has 2 aromatic heterocycles. The number of Topliss-reactive ketones (excluding diaryl/α,β-unsaturated/α-hetero) is 1. The van der Waals surface area contributed by atoms with E-state index in [1.54, 1.807) is 36.4 Å². The van der Waals surface area contributed by atoms with Crippen LogP contribution in [0.5, 0.6) is 0 Å². The monoisotopic (exact) mass is 201 g/mol. The second-order valence-electron chi connectivity index (χ2n) is 3.33. The number of rotatable bonds is 3. The van der Waals surface area contributed by atoms with Gasteiger partial charge in [-0.05, 0) is 23.8 Å². The van der Waals surface area contributed by atoms with Crippen molar-refractivity contribution in [3.63, 3.8) is 0 Å². The fourth-order valence-corrected chi connectivity index (χ4v) is 1.34. The zero-order valence-corrected chi connectivity index (χ0v) is 8.42. The zero-order valence-electron chi connectivity index (χ0n) is 8.42. The Hall–Kier alpha value is -1.97. The maximum absolute atomic E-state index is 11.7. The molecular formula is C11H11N3O. The van der Waals surface area contributed by atoms with Gasteiger partial charge in [-0.25, -0.2) is 0 Å². The van der Waals surface area contributed by atoms with Crippen molar-refractivity contribution >= 4 is 5.78 Å². The average Bonchev–Trinajstić information content (AvgIpc) is 2.66. The molecule has 0 saturated carbocycles. The highest BCUT2D eigenvalue weighted by molar-refractivity contribution is 5.95. The van der Waals surface area contributed by atoms with Crippen LogP contribution in [0.15, 0.2) is 36.8 Å². The summed E-state index contributed by atoms with van der Waals surface area (Å²) in [6.45, 7) is 0. The molecule has 0 bridgehead atoms. The highest BCUT2D eigenvalue weighted by atomic mass is 16.1. The third kappa shape index (κ3) is 2.28. The maximum Gasteiger partial charge on any atom is 0.187 e. The summed E-state index contributed by atoms with van der Waals surface area (Å²) in [4.78, 5) is 15.6. The molecule has 2 heterocycles. The van der Waals surface area contributed by atoms with Gasteiger partial charge in [-0.15, -0.1) is 0 Å². The number of pyridine rings is 1. The van der Waals surface area contributed by atoms with Gasteiger partial charge in [0, 0.05) is 32.1 Å². The summed E-state index contributed by atoms with van der Waals surface area (Å²) in [6.07, 6.45) is 5.50. The van der Waals surface area contributed by atoms with E-state index in [1.165, 1.54) is 0 Å². The van der Waals surface area contributed by atoms with E-state index in [4.69, 9.17) is 0 Å². The first kappa shape index (κ1) is 9.58. The summed E-state index contributed by atoms with van der Waals surface area (Å²) in [5.74, 6) is 0.0294. The van der Waals surface area contributed by atoms with Crippen LogP contribution in [0.3, 0.4) is 0 Å².